The first kappa shape index (κ1) is 13.1. The molecule has 98 valence electrons. The molecule has 1 aliphatic rings. The Bertz CT molecular complexity index is 440. The Hall–Kier alpha value is -1.35. The van der Waals surface area contributed by atoms with Crippen LogP contribution in [0.4, 0.5) is 0 Å². The summed E-state index contributed by atoms with van der Waals surface area (Å²) in [5.74, 6) is 1.03. The summed E-state index contributed by atoms with van der Waals surface area (Å²) in [4.78, 5) is 4.59. The van der Waals surface area contributed by atoms with E-state index in [0.29, 0.717) is 0 Å². The average molecular weight is 246 g/mol. The van der Waals surface area contributed by atoms with Gasteiger partial charge >= 0.3 is 0 Å². The highest BCUT2D eigenvalue weighted by atomic mass is 16.5. The van der Waals surface area contributed by atoms with Crippen LogP contribution in [-0.2, 0) is 4.74 Å². The molecule has 0 saturated heterocycles. The fourth-order valence-electron chi connectivity index (χ4n) is 2.34. The monoisotopic (exact) mass is 246 g/mol. The van der Waals surface area contributed by atoms with Crippen molar-refractivity contribution in [2.24, 2.45) is 0 Å². The Morgan fingerprint density at radius 2 is 2.28 bits per heavy atom. The second-order valence-corrected chi connectivity index (χ2v) is 4.80. The number of likely N-dealkylation sites (N-methyl/N-ethyl adjacent to an activating group) is 1. The fraction of sp³-hybridized carbons (Fsp3) is 0.533. The normalized spacial score (nSPS) is 16.9. The van der Waals surface area contributed by atoms with Crippen molar-refractivity contribution in [2.75, 3.05) is 13.2 Å². The summed E-state index contributed by atoms with van der Waals surface area (Å²) in [6.45, 7) is 8.02. The van der Waals surface area contributed by atoms with E-state index in [2.05, 4.69) is 43.2 Å². The number of nitrogens with zero attached hydrogens (tertiary/aromatic N) is 1. The zero-order chi connectivity index (χ0) is 13.0. The van der Waals surface area contributed by atoms with E-state index in [1.165, 1.54) is 11.1 Å². The van der Waals surface area contributed by atoms with Gasteiger partial charge in [0.2, 0.25) is 0 Å². The third-order valence-electron chi connectivity index (χ3n) is 3.18. The van der Waals surface area contributed by atoms with Gasteiger partial charge in [-0.2, -0.15) is 0 Å². The van der Waals surface area contributed by atoms with Crippen molar-refractivity contribution in [2.45, 2.75) is 39.7 Å². The lowest BCUT2D eigenvalue weighted by molar-refractivity contribution is 0.167. The molecule has 3 nitrogen and oxygen atoms in total. The van der Waals surface area contributed by atoms with Crippen molar-refractivity contribution in [3.05, 3.63) is 40.9 Å². The second-order valence-electron chi connectivity index (χ2n) is 4.80. The van der Waals surface area contributed by atoms with Crippen LogP contribution in [-0.4, -0.2) is 18.1 Å². The van der Waals surface area contributed by atoms with Crippen molar-refractivity contribution >= 4 is 0 Å². The molecule has 1 aromatic rings. The number of hydrogen-bond acceptors (Lipinski definition) is 3. The van der Waals surface area contributed by atoms with Crippen LogP contribution in [0.2, 0.25) is 0 Å². The molecule has 0 spiro atoms. The van der Waals surface area contributed by atoms with Crippen molar-refractivity contribution in [3.8, 4) is 0 Å². The maximum atomic E-state index is 5.79. The Kier molecular flexibility index (Phi) is 4.37. The molecular weight excluding hydrogens is 224 g/mol. The molecular formula is C15H22N2O. The molecule has 1 aromatic heterocycles. The van der Waals surface area contributed by atoms with Crippen LogP contribution >= 0.6 is 0 Å². The predicted octanol–water partition coefficient (Wildman–Crippen LogP) is 3.04. The van der Waals surface area contributed by atoms with Gasteiger partial charge in [-0.15, -0.1) is 0 Å². The van der Waals surface area contributed by atoms with Gasteiger partial charge in [0, 0.05) is 6.20 Å². The van der Waals surface area contributed by atoms with Crippen LogP contribution in [0.25, 0.3) is 0 Å². The van der Waals surface area contributed by atoms with E-state index in [9.17, 15) is 0 Å². The highest BCUT2D eigenvalue weighted by Gasteiger charge is 2.21. The minimum Gasteiger partial charge on any atom is -0.496 e. The van der Waals surface area contributed by atoms with Gasteiger partial charge in [0.15, 0.2) is 0 Å². The number of aryl methyl sites for hydroxylation is 2. The molecule has 2 rings (SSSR count). The highest BCUT2D eigenvalue weighted by molar-refractivity contribution is 5.30. The van der Waals surface area contributed by atoms with Gasteiger partial charge in [-0.05, 0) is 50.4 Å². The fourth-order valence-corrected chi connectivity index (χ4v) is 2.34. The minimum absolute atomic E-state index is 0.0934. The van der Waals surface area contributed by atoms with E-state index in [0.717, 1.165) is 37.4 Å². The maximum absolute atomic E-state index is 5.79. The molecule has 1 unspecified atom stereocenters. The molecule has 0 amide bonds. The number of hydrogen-bond donors (Lipinski definition) is 1. The van der Waals surface area contributed by atoms with Crippen LogP contribution in [0, 0.1) is 13.8 Å². The van der Waals surface area contributed by atoms with Crippen LogP contribution in [0.5, 0.6) is 0 Å². The summed E-state index contributed by atoms with van der Waals surface area (Å²) in [5.41, 5.74) is 3.50. The van der Waals surface area contributed by atoms with Crippen LogP contribution in [0.15, 0.2) is 24.1 Å². The van der Waals surface area contributed by atoms with Gasteiger partial charge in [0.1, 0.15) is 11.8 Å². The molecule has 1 atom stereocenters. The molecule has 0 fully saturated rings. The second kappa shape index (κ2) is 6.01. The molecule has 2 heterocycles. The van der Waals surface area contributed by atoms with Crippen molar-refractivity contribution < 1.29 is 4.74 Å². The number of rotatable bonds is 4. The van der Waals surface area contributed by atoms with E-state index < -0.39 is 0 Å². The zero-order valence-corrected chi connectivity index (χ0v) is 11.5. The topological polar surface area (TPSA) is 34.1 Å². The van der Waals surface area contributed by atoms with E-state index in [1.807, 2.05) is 6.20 Å². The van der Waals surface area contributed by atoms with E-state index in [4.69, 9.17) is 4.74 Å². The number of allylic oxidation sites excluding steroid dienone is 1. The van der Waals surface area contributed by atoms with E-state index >= 15 is 0 Å². The van der Waals surface area contributed by atoms with Gasteiger partial charge in [-0.25, -0.2) is 0 Å². The van der Waals surface area contributed by atoms with Gasteiger partial charge in [0.25, 0.3) is 0 Å². The molecule has 1 aliphatic heterocycles. The summed E-state index contributed by atoms with van der Waals surface area (Å²) >= 11 is 0. The third-order valence-corrected chi connectivity index (χ3v) is 3.18. The quantitative estimate of drug-likeness (QED) is 0.886. The van der Waals surface area contributed by atoms with Gasteiger partial charge in [-0.3, -0.25) is 4.98 Å². The van der Waals surface area contributed by atoms with Crippen molar-refractivity contribution in [1.29, 1.82) is 0 Å². The largest absolute Gasteiger partial charge is 0.496 e. The lowest BCUT2D eigenvalue weighted by atomic mass is 10.0. The standard InChI is InChI=1S/C15H22N2O/c1-4-16-15(13-7-5-6-8-18-13)14-12(3)9-11(2)10-17-14/h7,9-10,15-16H,4-6,8H2,1-3H3. The Morgan fingerprint density at radius 1 is 1.44 bits per heavy atom. The van der Waals surface area contributed by atoms with E-state index in [-0.39, 0.29) is 6.04 Å². The summed E-state index contributed by atoms with van der Waals surface area (Å²) in [5, 5.41) is 3.47. The molecule has 1 N–H and O–H groups in total. The van der Waals surface area contributed by atoms with Crippen molar-refractivity contribution in [1.82, 2.24) is 10.3 Å². The number of nitrogens with one attached hydrogen (secondary N) is 1. The van der Waals surface area contributed by atoms with Crippen LogP contribution in [0.1, 0.15) is 42.6 Å². The number of ether oxygens (including phenoxy) is 1. The summed E-state index contributed by atoms with van der Waals surface area (Å²) in [6, 6.07) is 2.27. The molecule has 3 heteroatoms. The Labute approximate surface area is 109 Å². The van der Waals surface area contributed by atoms with Gasteiger partial charge in [0.05, 0.1) is 12.3 Å². The average Bonchev–Trinajstić information content (AvgIpc) is 2.38. The summed E-state index contributed by atoms with van der Waals surface area (Å²) in [7, 11) is 0. The van der Waals surface area contributed by atoms with Gasteiger partial charge < -0.3 is 10.1 Å². The zero-order valence-electron chi connectivity index (χ0n) is 11.5. The van der Waals surface area contributed by atoms with Crippen LogP contribution in [0.3, 0.4) is 0 Å². The molecule has 0 aliphatic carbocycles. The molecule has 0 saturated carbocycles. The van der Waals surface area contributed by atoms with Crippen molar-refractivity contribution in [3.63, 3.8) is 0 Å². The van der Waals surface area contributed by atoms with Crippen LogP contribution < -0.4 is 5.32 Å². The number of pyridine rings is 1. The third kappa shape index (κ3) is 2.91. The lowest BCUT2D eigenvalue weighted by Gasteiger charge is -2.25. The molecule has 0 bridgehead atoms. The van der Waals surface area contributed by atoms with E-state index in [1.54, 1.807) is 0 Å². The molecule has 0 radical (unpaired) electrons. The smallest absolute Gasteiger partial charge is 0.115 e. The summed E-state index contributed by atoms with van der Waals surface area (Å²) < 4.78 is 5.79. The first-order chi connectivity index (χ1) is 8.72. The van der Waals surface area contributed by atoms with Gasteiger partial charge in [-0.1, -0.05) is 13.0 Å². The first-order valence-corrected chi connectivity index (χ1v) is 6.71. The maximum Gasteiger partial charge on any atom is 0.115 e. The molecule has 0 aromatic carbocycles. The SMILES string of the molecule is CCNC(C1=CCCCO1)c1ncc(C)cc1C. The first-order valence-electron chi connectivity index (χ1n) is 6.71. The summed E-state index contributed by atoms with van der Waals surface area (Å²) in [6.07, 6.45) is 6.33. The Morgan fingerprint density at radius 3 is 2.89 bits per heavy atom. The Balaban J connectivity index is 2.31. The highest BCUT2D eigenvalue weighted by Crippen LogP contribution is 2.27. The lowest BCUT2D eigenvalue weighted by Crippen LogP contribution is -2.27. The predicted molar refractivity (Wildman–Crippen MR) is 73.4 cm³/mol. The minimum atomic E-state index is 0.0934. The number of aromatic nitrogens is 1. The molecule has 18 heavy (non-hydrogen) atoms.